The Balaban J connectivity index is 1.42. The number of aliphatic hydroxyl groups is 1. The number of rotatable bonds is 27. The number of aliphatic hydroxyl groups excluding tert-OH is 1. The van der Waals surface area contributed by atoms with Crippen LogP contribution in [-0.4, -0.2) is 56.7 Å². The van der Waals surface area contributed by atoms with Gasteiger partial charge in [0.05, 0.1) is 26.4 Å². The van der Waals surface area contributed by atoms with Crippen molar-refractivity contribution in [3.8, 4) is 16.9 Å². The molecule has 0 aliphatic rings. The van der Waals surface area contributed by atoms with Gasteiger partial charge in [-0.15, -0.1) is 0 Å². The van der Waals surface area contributed by atoms with E-state index < -0.39 is 11.9 Å². The fraction of sp³-hybridized carbons (Fsp3) is 0.478. The molecule has 3 aromatic carbocycles. The van der Waals surface area contributed by atoms with Crippen LogP contribution in [0.3, 0.4) is 0 Å². The van der Waals surface area contributed by atoms with Crippen LogP contribution in [0.4, 0.5) is 0 Å². The molecule has 1 N–H and O–H groups in total. The smallest absolute Gasteiger partial charge is 0.333 e. The molecule has 0 amide bonds. The average Bonchev–Trinajstić information content (AvgIpc) is 3.16. The molecule has 0 spiro atoms. The van der Waals surface area contributed by atoms with E-state index in [0.29, 0.717) is 30.6 Å². The Morgan fingerprint density at radius 2 is 1.25 bits per heavy atom. The van der Waals surface area contributed by atoms with Crippen molar-refractivity contribution < 1.29 is 33.6 Å². The lowest BCUT2D eigenvalue weighted by molar-refractivity contribution is -0.139. The molecule has 3 rings (SSSR count). The van der Waals surface area contributed by atoms with Gasteiger partial charge in [0.2, 0.25) is 0 Å². The Morgan fingerprint density at radius 1 is 0.660 bits per heavy atom. The van der Waals surface area contributed by atoms with Crippen LogP contribution in [-0.2, 0) is 43.1 Å². The van der Waals surface area contributed by atoms with Crippen molar-refractivity contribution in [2.24, 2.45) is 0 Å². The van der Waals surface area contributed by atoms with Gasteiger partial charge in [-0.2, -0.15) is 0 Å². The third-order valence-corrected chi connectivity index (χ3v) is 9.38. The van der Waals surface area contributed by atoms with Crippen molar-refractivity contribution in [2.45, 2.75) is 104 Å². The van der Waals surface area contributed by atoms with Crippen molar-refractivity contribution in [3.05, 3.63) is 113 Å². The summed E-state index contributed by atoms with van der Waals surface area (Å²) in [6.45, 7) is 15.7. The number of carbonyl (C=O) groups excluding carboxylic acids is 2. The second-order valence-corrected chi connectivity index (χ2v) is 13.9. The largest absolute Gasteiger partial charge is 0.494 e. The van der Waals surface area contributed by atoms with Gasteiger partial charge in [0.15, 0.2) is 0 Å². The number of aryl methyl sites for hydroxylation is 2. The molecule has 53 heavy (non-hydrogen) atoms. The van der Waals surface area contributed by atoms with Crippen LogP contribution < -0.4 is 4.74 Å². The Morgan fingerprint density at radius 3 is 1.85 bits per heavy atom. The molecule has 0 radical (unpaired) electrons. The minimum absolute atomic E-state index is 0.0445. The fourth-order valence-electron chi connectivity index (χ4n) is 6.11. The van der Waals surface area contributed by atoms with Gasteiger partial charge in [-0.1, -0.05) is 87.5 Å². The predicted octanol–water partition coefficient (Wildman–Crippen LogP) is 9.92. The number of esters is 2. The minimum atomic E-state index is -0.402. The first-order valence-electron chi connectivity index (χ1n) is 19.5. The van der Waals surface area contributed by atoms with E-state index in [9.17, 15) is 9.59 Å². The Hall–Kier alpha value is -4.20. The SMILES string of the molecule is C=C(C)C(=O)OCCC(CCOC(=O)C(=C)C)c1ccc(-c2ccc(OCCCCCCc3ccc(CCOCCCCCO)cc3)cc2CC)cc1. The molecular weight excluding hydrogens is 664 g/mol. The molecule has 0 fully saturated rings. The van der Waals surface area contributed by atoms with Crippen LogP contribution in [0.1, 0.15) is 107 Å². The molecule has 0 heterocycles. The van der Waals surface area contributed by atoms with Crippen LogP contribution >= 0.6 is 0 Å². The summed E-state index contributed by atoms with van der Waals surface area (Å²) in [4.78, 5) is 23.8. The van der Waals surface area contributed by atoms with Crippen molar-refractivity contribution in [2.75, 3.05) is 39.6 Å². The lowest BCUT2D eigenvalue weighted by Crippen LogP contribution is -2.13. The van der Waals surface area contributed by atoms with Gasteiger partial charge < -0.3 is 24.1 Å². The minimum Gasteiger partial charge on any atom is -0.494 e. The Kier molecular flexibility index (Phi) is 20.3. The first kappa shape index (κ1) is 43.2. The van der Waals surface area contributed by atoms with Gasteiger partial charge in [0, 0.05) is 24.4 Å². The van der Waals surface area contributed by atoms with Gasteiger partial charge in [-0.3, -0.25) is 0 Å². The molecule has 0 bridgehead atoms. The summed E-state index contributed by atoms with van der Waals surface area (Å²) in [5.74, 6) is 0.147. The highest BCUT2D eigenvalue weighted by atomic mass is 16.5. The molecule has 0 aliphatic carbocycles. The number of unbranched alkanes of at least 4 members (excludes halogenated alkanes) is 5. The normalized spacial score (nSPS) is 11.0. The summed E-state index contributed by atoms with van der Waals surface area (Å²) in [5.41, 5.74) is 8.09. The average molecular weight is 727 g/mol. The summed E-state index contributed by atoms with van der Waals surface area (Å²) in [7, 11) is 0. The number of ether oxygens (including phenoxy) is 4. The molecule has 0 saturated heterocycles. The van der Waals surface area contributed by atoms with Gasteiger partial charge in [-0.05, 0) is 129 Å². The van der Waals surface area contributed by atoms with Crippen molar-refractivity contribution >= 4 is 11.9 Å². The van der Waals surface area contributed by atoms with Crippen LogP contribution in [0.5, 0.6) is 5.75 Å². The molecule has 288 valence electrons. The zero-order chi connectivity index (χ0) is 38.3. The van der Waals surface area contributed by atoms with Gasteiger partial charge in [0.1, 0.15) is 5.75 Å². The highest BCUT2D eigenvalue weighted by Gasteiger charge is 2.16. The highest BCUT2D eigenvalue weighted by Crippen LogP contribution is 2.31. The summed E-state index contributed by atoms with van der Waals surface area (Å²) in [6, 6.07) is 23.8. The molecule has 3 aromatic rings. The number of carbonyl (C=O) groups is 2. The Bertz CT molecular complexity index is 1510. The van der Waals surface area contributed by atoms with Crippen LogP contribution in [0, 0.1) is 0 Å². The summed E-state index contributed by atoms with van der Waals surface area (Å²) in [6.07, 6.45) is 11.6. The quantitative estimate of drug-likeness (QED) is 0.0475. The zero-order valence-electron chi connectivity index (χ0n) is 32.5. The third-order valence-electron chi connectivity index (χ3n) is 9.38. The van der Waals surface area contributed by atoms with Crippen LogP contribution in [0.25, 0.3) is 11.1 Å². The van der Waals surface area contributed by atoms with E-state index in [2.05, 4.69) is 86.8 Å². The van der Waals surface area contributed by atoms with Gasteiger partial charge in [0.25, 0.3) is 0 Å². The van der Waals surface area contributed by atoms with Gasteiger partial charge >= 0.3 is 11.9 Å². The third kappa shape index (κ3) is 16.6. The van der Waals surface area contributed by atoms with E-state index in [4.69, 9.17) is 24.1 Å². The summed E-state index contributed by atoms with van der Waals surface area (Å²) < 4.78 is 22.6. The molecule has 7 heteroatoms. The van der Waals surface area contributed by atoms with Crippen molar-refractivity contribution in [1.29, 1.82) is 0 Å². The maximum Gasteiger partial charge on any atom is 0.333 e. The number of hydrogen-bond acceptors (Lipinski definition) is 7. The maximum absolute atomic E-state index is 11.9. The van der Waals surface area contributed by atoms with E-state index in [-0.39, 0.29) is 25.7 Å². The number of hydrogen-bond donors (Lipinski definition) is 1. The van der Waals surface area contributed by atoms with Crippen molar-refractivity contribution in [3.63, 3.8) is 0 Å². The lowest BCUT2D eigenvalue weighted by atomic mass is 9.90. The maximum atomic E-state index is 11.9. The molecule has 0 aromatic heterocycles. The molecule has 0 atom stereocenters. The Labute approximate surface area is 318 Å². The van der Waals surface area contributed by atoms with E-state index in [1.807, 2.05) is 0 Å². The highest BCUT2D eigenvalue weighted by molar-refractivity contribution is 5.87. The van der Waals surface area contributed by atoms with Crippen LogP contribution in [0.2, 0.25) is 0 Å². The molecular formula is C46H62O7. The van der Waals surface area contributed by atoms with Crippen LogP contribution in [0.15, 0.2) is 91.0 Å². The molecule has 0 aliphatic heterocycles. The molecule has 0 saturated carbocycles. The first-order chi connectivity index (χ1) is 25.7. The standard InChI is InChI=1S/C46H62O7/c1-6-39-34-43(51-30-13-8-7-10-14-37-15-17-38(18-16-37)25-31-50-29-12-9-11-28-47)23-24-44(39)42-21-19-40(20-22-42)41(26-32-52-45(48)35(2)3)27-33-53-46(49)36(4)5/h15-24,34,41,47H,2,4,6-14,25-33H2,1,3,5H3. The summed E-state index contributed by atoms with van der Waals surface area (Å²) >= 11 is 0. The number of benzene rings is 3. The second kappa shape index (κ2) is 24.9. The molecule has 0 unspecified atom stereocenters. The van der Waals surface area contributed by atoms with Gasteiger partial charge in [-0.25, -0.2) is 9.59 Å². The van der Waals surface area contributed by atoms with E-state index in [0.717, 1.165) is 81.5 Å². The first-order valence-corrected chi connectivity index (χ1v) is 19.5. The monoisotopic (exact) mass is 726 g/mol. The zero-order valence-corrected chi connectivity index (χ0v) is 32.5. The fourth-order valence-corrected chi connectivity index (χ4v) is 6.11. The second-order valence-electron chi connectivity index (χ2n) is 13.9. The predicted molar refractivity (Wildman–Crippen MR) is 214 cm³/mol. The molecule has 7 nitrogen and oxygen atoms in total. The van der Waals surface area contributed by atoms with Crippen molar-refractivity contribution in [1.82, 2.24) is 0 Å². The summed E-state index contributed by atoms with van der Waals surface area (Å²) in [5, 5.41) is 8.84. The van der Waals surface area contributed by atoms with E-state index in [1.165, 1.54) is 35.1 Å². The topological polar surface area (TPSA) is 91.3 Å². The van der Waals surface area contributed by atoms with E-state index >= 15 is 0 Å². The van der Waals surface area contributed by atoms with E-state index in [1.54, 1.807) is 13.8 Å². The lowest BCUT2D eigenvalue weighted by Gasteiger charge is -2.19.